The zero-order valence-corrected chi connectivity index (χ0v) is 16.6. The van der Waals surface area contributed by atoms with Crippen molar-refractivity contribution >= 4 is 56.2 Å². The van der Waals surface area contributed by atoms with Gasteiger partial charge in [-0.1, -0.05) is 35.1 Å². The lowest BCUT2D eigenvalue weighted by Gasteiger charge is -2.03. The summed E-state index contributed by atoms with van der Waals surface area (Å²) in [5.74, 6) is 0.270. The number of benzene rings is 2. The lowest BCUT2D eigenvalue weighted by atomic mass is 10.2. The van der Waals surface area contributed by atoms with Gasteiger partial charge in [0.2, 0.25) is 11.8 Å². The van der Waals surface area contributed by atoms with Gasteiger partial charge in [-0.15, -0.1) is 0 Å². The minimum Gasteiger partial charge on any atom is -0.497 e. The maximum Gasteiger partial charge on any atom is 0.244 e. The molecule has 2 amide bonds. The average Bonchev–Trinajstić information content (AvgIpc) is 3.07. The third-order valence-corrected chi connectivity index (χ3v) is 4.96. The second-order valence-corrected chi connectivity index (χ2v) is 7.29. The summed E-state index contributed by atoms with van der Waals surface area (Å²) in [6.07, 6.45) is 3.27. The number of aromatic nitrogens is 1. The van der Waals surface area contributed by atoms with Gasteiger partial charge >= 0.3 is 0 Å². The third kappa shape index (κ3) is 5.55. The molecule has 3 aromatic rings. The van der Waals surface area contributed by atoms with Gasteiger partial charge < -0.3 is 15.4 Å². The van der Waals surface area contributed by atoms with E-state index in [0.717, 1.165) is 21.5 Å². The van der Waals surface area contributed by atoms with Crippen molar-refractivity contribution in [3.63, 3.8) is 0 Å². The number of rotatable bonds is 7. The Morgan fingerprint density at radius 2 is 2.00 bits per heavy atom. The van der Waals surface area contributed by atoms with Crippen LogP contribution in [0, 0.1) is 0 Å². The van der Waals surface area contributed by atoms with Crippen molar-refractivity contribution in [2.24, 2.45) is 0 Å². The predicted molar refractivity (Wildman–Crippen MR) is 113 cm³/mol. The lowest BCUT2D eigenvalue weighted by molar-refractivity contribution is -0.117. The van der Waals surface area contributed by atoms with E-state index in [-0.39, 0.29) is 24.8 Å². The number of nitrogens with zero attached hydrogens (tertiary/aromatic N) is 1. The molecular weight excluding hydrogens is 398 g/mol. The number of thiazole rings is 1. The van der Waals surface area contributed by atoms with E-state index in [1.165, 1.54) is 17.4 Å². The standard InChI is InChI=1S/C20H18ClN3O3S/c1-27-15-6-2-13(3-7-15)4-9-18(25)22-11-10-19(26)24-20-23-16-8-5-14(21)12-17(16)28-20/h2-9,12H,10-11H2,1H3,(H,22,25)(H,23,24,26)/b9-4+. The Bertz CT molecular complexity index is 1020. The molecular formula is C20H18ClN3O3S. The van der Waals surface area contributed by atoms with E-state index >= 15 is 0 Å². The van der Waals surface area contributed by atoms with E-state index in [4.69, 9.17) is 16.3 Å². The molecule has 2 N–H and O–H groups in total. The van der Waals surface area contributed by atoms with E-state index < -0.39 is 0 Å². The van der Waals surface area contributed by atoms with Gasteiger partial charge in [0, 0.05) is 24.1 Å². The fourth-order valence-corrected chi connectivity index (χ4v) is 3.54. The number of carbonyl (C=O) groups is 2. The SMILES string of the molecule is COc1ccc(/C=C/C(=O)NCCC(=O)Nc2nc3ccc(Cl)cc3s2)cc1. The number of anilines is 1. The first-order chi connectivity index (χ1) is 13.5. The molecule has 0 bridgehead atoms. The molecule has 1 heterocycles. The molecule has 0 radical (unpaired) electrons. The summed E-state index contributed by atoms with van der Waals surface area (Å²) in [6, 6.07) is 12.7. The topological polar surface area (TPSA) is 80.3 Å². The van der Waals surface area contributed by atoms with Crippen LogP contribution >= 0.6 is 22.9 Å². The quantitative estimate of drug-likeness (QED) is 0.569. The third-order valence-electron chi connectivity index (χ3n) is 3.79. The molecule has 0 unspecified atom stereocenters. The number of nitrogens with one attached hydrogen (secondary N) is 2. The van der Waals surface area contributed by atoms with Gasteiger partial charge in [-0.25, -0.2) is 4.98 Å². The number of carbonyl (C=O) groups excluding carboxylic acids is 2. The number of methoxy groups -OCH3 is 1. The van der Waals surface area contributed by atoms with Crippen LogP contribution in [0.15, 0.2) is 48.5 Å². The summed E-state index contributed by atoms with van der Waals surface area (Å²) in [4.78, 5) is 28.2. The van der Waals surface area contributed by atoms with Crippen molar-refractivity contribution in [1.29, 1.82) is 0 Å². The number of hydrogen-bond acceptors (Lipinski definition) is 5. The smallest absolute Gasteiger partial charge is 0.244 e. The molecule has 0 atom stereocenters. The average molecular weight is 416 g/mol. The summed E-state index contributed by atoms with van der Waals surface area (Å²) in [5.41, 5.74) is 1.66. The van der Waals surface area contributed by atoms with Crippen LogP contribution in [0.4, 0.5) is 5.13 Å². The molecule has 3 rings (SSSR count). The lowest BCUT2D eigenvalue weighted by Crippen LogP contribution is -2.26. The Balaban J connectivity index is 1.43. The Labute approximate surface area is 171 Å². The summed E-state index contributed by atoms with van der Waals surface area (Å²) in [6.45, 7) is 0.230. The van der Waals surface area contributed by atoms with E-state index in [2.05, 4.69) is 15.6 Å². The van der Waals surface area contributed by atoms with Gasteiger partial charge in [0.1, 0.15) is 5.75 Å². The highest BCUT2D eigenvalue weighted by molar-refractivity contribution is 7.22. The molecule has 8 heteroatoms. The van der Waals surface area contributed by atoms with Crippen LogP contribution in [0.2, 0.25) is 5.02 Å². The van der Waals surface area contributed by atoms with Gasteiger partial charge in [0.15, 0.2) is 5.13 Å². The minimum atomic E-state index is -0.266. The Morgan fingerprint density at radius 1 is 1.21 bits per heavy atom. The molecule has 0 aliphatic rings. The number of hydrogen-bond donors (Lipinski definition) is 2. The molecule has 28 heavy (non-hydrogen) atoms. The van der Waals surface area contributed by atoms with E-state index in [1.54, 1.807) is 31.4 Å². The highest BCUT2D eigenvalue weighted by Crippen LogP contribution is 2.28. The van der Waals surface area contributed by atoms with Crippen molar-refractivity contribution in [3.8, 4) is 5.75 Å². The van der Waals surface area contributed by atoms with Crippen LogP contribution in [-0.4, -0.2) is 30.5 Å². The van der Waals surface area contributed by atoms with Gasteiger partial charge in [-0.05, 0) is 42.0 Å². The second kappa shape index (κ2) is 9.34. The normalized spacial score (nSPS) is 10.9. The van der Waals surface area contributed by atoms with Crippen LogP contribution in [0.3, 0.4) is 0 Å². The molecule has 6 nitrogen and oxygen atoms in total. The molecule has 0 saturated carbocycles. The molecule has 144 valence electrons. The highest BCUT2D eigenvalue weighted by atomic mass is 35.5. The zero-order chi connectivity index (χ0) is 19.9. The van der Waals surface area contributed by atoms with Crippen molar-refractivity contribution in [1.82, 2.24) is 10.3 Å². The van der Waals surface area contributed by atoms with Crippen LogP contribution in [0.25, 0.3) is 16.3 Å². The van der Waals surface area contributed by atoms with Crippen LogP contribution in [0.1, 0.15) is 12.0 Å². The summed E-state index contributed by atoms with van der Waals surface area (Å²) < 4.78 is 5.99. The molecule has 0 aliphatic heterocycles. The maximum absolute atomic E-state index is 12.0. The largest absolute Gasteiger partial charge is 0.497 e. The van der Waals surface area contributed by atoms with Gasteiger partial charge in [0.05, 0.1) is 17.3 Å². The number of fused-ring (bicyclic) bond motifs is 1. The Morgan fingerprint density at radius 3 is 2.75 bits per heavy atom. The van der Waals surface area contributed by atoms with Crippen LogP contribution < -0.4 is 15.4 Å². The van der Waals surface area contributed by atoms with Crippen molar-refractivity contribution < 1.29 is 14.3 Å². The van der Waals surface area contributed by atoms with Crippen LogP contribution in [0.5, 0.6) is 5.75 Å². The zero-order valence-electron chi connectivity index (χ0n) is 15.1. The maximum atomic E-state index is 12.0. The molecule has 0 fully saturated rings. The predicted octanol–water partition coefficient (Wildman–Crippen LogP) is 4.12. The highest BCUT2D eigenvalue weighted by Gasteiger charge is 2.08. The summed E-state index contributed by atoms with van der Waals surface area (Å²) >= 11 is 7.30. The number of amides is 2. The van der Waals surface area contributed by atoms with Gasteiger partial charge in [-0.2, -0.15) is 0 Å². The minimum absolute atomic E-state index is 0.152. The molecule has 2 aromatic carbocycles. The first kappa shape index (κ1) is 19.9. The van der Waals surface area contributed by atoms with Crippen molar-refractivity contribution in [2.45, 2.75) is 6.42 Å². The monoisotopic (exact) mass is 415 g/mol. The van der Waals surface area contributed by atoms with Crippen LogP contribution in [-0.2, 0) is 9.59 Å². The fourth-order valence-electron chi connectivity index (χ4n) is 2.38. The number of ether oxygens (including phenoxy) is 1. The Kier molecular flexibility index (Phi) is 6.62. The van der Waals surface area contributed by atoms with Gasteiger partial charge in [0.25, 0.3) is 0 Å². The first-order valence-corrected chi connectivity index (χ1v) is 9.69. The first-order valence-electron chi connectivity index (χ1n) is 8.49. The molecule has 1 aromatic heterocycles. The van der Waals surface area contributed by atoms with Crippen molar-refractivity contribution in [2.75, 3.05) is 19.0 Å². The van der Waals surface area contributed by atoms with Gasteiger partial charge in [-0.3, -0.25) is 9.59 Å². The fraction of sp³-hybridized carbons (Fsp3) is 0.150. The second-order valence-electron chi connectivity index (χ2n) is 5.83. The molecule has 0 spiro atoms. The Hall–Kier alpha value is -2.90. The summed E-state index contributed by atoms with van der Waals surface area (Å²) in [5, 5.41) is 6.55. The molecule has 0 aliphatic carbocycles. The van der Waals surface area contributed by atoms with Crippen molar-refractivity contribution in [3.05, 3.63) is 59.1 Å². The number of halogens is 1. The van der Waals surface area contributed by atoms with E-state index in [9.17, 15) is 9.59 Å². The summed E-state index contributed by atoms with van der Waals surface area (Å²) in [7, 11) is 1.60. The van der Waals surface area contributed by atoms with E-state index in [0.29, 0.717) is 10.2 Å². The molecule has 0 saturated heterocycles. The van der Waals surface area contributed by atoms with E-state index in [1.807, 2.05) is 24.3 Å².